The highest BCUT2D eigenvalue weighted by Crippen LogP contribution is 2.44. The molecule has 0 radical (unpaired) electrons. The largest absolute Gasteiger partial charge is 0.309 e. The van der Waals surface area contributed by atoms with Crippen molar-refractivity contribution in [2.75, 3.05) is 0 Å². The summed E-state index contributed by atoms with van der Waals surface area (Å²) < 4.78 is 4.87. The molecule has 3 nitrogen and oxygen atoms in total. The number of aromatic nitrogens is 3. The summed E-state index contributed by atoms with van der Waals surface area (Å²) in [6.45, 7) is 0. The Labute approximate surface area is 308 Å². The van der Waals surface area contributed by atoms with E-state index in [4.69, 9.17) is 4.98 Å². The minimum absolute atomic E-state index is 0.997. The molecule has 248 valence electrons. The normalized spacial score (nSPS) is 12.4. The lowest BCUT2D eigenvalue weighted by molar-refractivity contribution is 1.19. The smallest absolute Gasteiger partial charge is 0.147 e. The lowest BCUT2D eigenvalue weighted by Gasteiger charge is -2.15. The zero-order chi connectivity index (χ0) is 35.1. The molecule has 13 aromatic rings. The van der Waals surface area contributed by atoms with Crippen molar-refractivity contribution in [2.24, 2.45) is 0 Å². The van der Waals surface area contributed by atoms with E-state index in [2.05, 4.69) is 185 Å². The second-order valence-electron chi connectivity index (χ2n) is 14.7. The van der Waals surface area contributed by atoms with Gasteiger partial charge < -0.3 is 4.57 Å². The minimum atomic E-state index is 0.997. The molecule has 0 bridgehead atoms. The Bertz CT molecular complexity index is 3790. The first kappa shape index (κ1) is 28.4. The highest BCUT2D eigenvalue weighted by atomic mass is 15.0. The maximum Gasteiger partial charge on any atom is 0.147 e. The molecule has 3 heteroatoms. The van der Waals surface area contributed by atoms with Gasteiger partial charge in [-0.15, -0.1) is 0 Å². The first-order valence-electron chi connectivity index (χ1n) is 18.6. The summed E-state index contributed by atoms with van der Waals surface area (Å²) in [5.74, 6) is 0. The Morgan fingerprint density at radius 2 is 0.889 bits per heavy atom. The molecule has 0 amide bonds. The van der Waals surface area contributed by atoms with Crippen LogP contribution in [0.3, 0.4) is 0 Å². The van der Waals surface area contributed by atoms with Crippen molar-refractivity contribution in [3.05, 3.63) is 176 Å². The number of rotatable bonds is 1. The molecule has 0 saturated heterocycles. The standard InChI is InChI=1S/C51H29N3/c1-3-13-33-31(12-1)22-25-47-49(33)43-28-40-37-17-7-5-15-35(37)36-16-6-8-18-38(36)41(40)29-48(43)53(47)32-23-26-45-42(27-32)39-24-21-30-11-2-4-14-34(30)50(39)51-52-44-19-9-10-20-46(44)54(45)51/h1-29H. The maximum absolute atomic E-state index is 5.26. The highest BCUT2D eigenvalue weighted by Gasteiger charge is 2.21. The molecular formula is C51H29N3. The van der Waals surface area contributed by atoms with Gasteiger partial charge in [0, 0.05) is 27.2 Å². The van der Waals surface area contributed by atoms with Crippen LogP contribution in [0.2, 0.25) is 0 Å². The van der Waals surface area contributed by atoms with Crippen molar-refractivity contribution in [1.29, 1.82) is 0 Å². The third kappa shape index (κ3) is 3.58. The second kappa shape index (κ2) is 10.2. The highest BCUT2D eigenvalue weighted by molar-refractivity contribution is 6.31. The Morgan fingerprint density at radius 3 is 1.63 bits per heavy atom. The number of hydrogen-bond donors (Lipinski definition) is 0. The summed E-state index contributed by atoms with van der Waals surface area (Å²) in [4.78, 5) is 5.26. The Kier molecular flexibility index (Phi) is 5.37. The van der Waals surface area contributed by atoms with Crippen LogP contribution in [0.1, 0.15) is 0 Å². The Hall–Kier alpha value is -7.23. The third-order valence-electron chi connectivity index (χ3n) is 12.0. The predicted molar refractivity (Wildman–Crippen MR) is 230 cm³/mol. The number of imidazole rings is 1. The summed E-state index contributed by atoms with van der Waals surface area (Å²) in [5.41, 5.74) is 7.82. The summed E-state index contributed by atoms with van der Waals surface area (Å²) >= 11 is 0. The number of hydrogen-bond acceptors (Lipinski definition) is 1. The summed E-state index contributed by atoms with van der Waals surface area (Å²) in [5, 5.41) is 18.8. The third-order valence-corrected chi connectivity index (χ3v) is 12.0. The minimum Gasteiger partial charge on any atom is -0.309 e. The molecule has 54 heavy (non-hydrogen) atoms. The van der Waals surface area contributed by atoms with Crippen LogP contribution in [0.4, 0.5) is 0 Å². The fourth-order valence-electron chi connectivity index (χ4n) is 9.71. The maximum atomic E-state index is 5.26. The van der Waals surface area contributed by atoms with E-state index in [1.165, 1.54) is 91.8 Å². The molecule has 0 unspecified atom stereocenters. The van der Waals surface area contributed by atoms with Crippen molar-refractivity contribution < 1.29 is 0 Å². The van der Waals surface area contributed by atoms with Gasteiger partial charge in [-0.25, -0.2) is 4.98 Å². The van der Waals surface area contributed by atoms with E-state index in [9.17, 15) is 0 Å². The quantitative estimate of drug-likeness (QED) is 0.158. The molecular weight excluding hydrogens is 655 g/mol. The number of pyridine rings is 1. The van der Waals surface area contributed by atoms with Gasteiger partial charge in [-0.1, -0.05) is 127 Å². The zero-order valence-electron chi connectivity index (χ0n) is 29.1. The van der Waals surface area contributed by atoms with Crippen LogP contribution in [0, 0.1) is 0 Å². The van der Waals surface area contributed by atoms with E-state index in [0.717, 1.165) is 27.9 Å². The molecule has 0 fully saturated rings. The van der Waals surface area contributed by atoms with Crippen molar-refractivity contribution in [3.63, 3.8) is 0 Å². The molecule has 0 N–H and O–H groups in total. The van der Waals surface area contributed by atoms with Gasteiger partial charge in [-0.2, -0.15) is 0 Å². The van der Waals surface area contributed by atoms with Gasteiger partial charge in [0.1, 0.15) is 5.65 Å². The lowest BCUT2D eigenvalue weighted by atomic mass is 9.93. The topological polar surface area (TPSA) is 22.2 Å². The molecule has 3 aromatic heterocycles. The van der Waals surface area contributed by atoms with Crippen LogP contribution in [0.5, 0.6) is 0 Å². The van der Waals surface area contributed by atoms with Gasteiger partial charge in [0.05, 0.1) is 27.6 Å². The predicted octanol–water partition coefficient (Wildman–Crippen LogP) is 13.7. The Balaban J connectivity index is 1.23. The van der Waals surface area contributed by atoms with Gasteiger partial charge in [0.2, 0.25) is 0 Å². The molecule has 0 saturated carbocycles. The van der Waals surface area contributed by atoms with E-state index in [1.807, 2.05) is 0 Å². The van der Waals surface area contributed by atoms with Gasteiger partial charge in [-0.05, 0) is 108 Å². The SMILES string of the molecule is c1ccc2c(c1)ccc1c2c2cc3c4ccccc4c4ccccc4c3cc2n1-c1ccc2c(c1)c1ccc3ccccc3c1c1nc3ccccc3n21. The van der Waals surface area contributed by atoms with E-state index in [-0.39, 0.29) is 0 Å². The zero-order valence-corrected chi connectivity index (χ0v) is 29.1. The Morgan fingerprint density at radius 1 is 0.315 bits per heavy atom. The van der Waals surface area contributed by atoms with Crippen LogP contribution in [0.15, 0.2) is 176 Å². The van der Waals surface area contributed by atoms with Gasteiger partial charge in [-0.3, -0.25) is 4.40 Å². The summed E-state index contributed by atoms with van der Waals surface area (Å²) in [7, 11) is 0. The molecule has 3 heterocycles. The lowest BCUT2D eigenvalue weighted by Crippen LogP contribution is -1.97. The van der Waals surface area contributed by atoms with E-state index < -0.39 is 0 Å². The van der Waals surface area contributed by atoms with Crippen molar-refractivity contribution in [3.8, 4) is 5.69 Å². The van der Waals surface area contributed by atoms with Crippen molar-refractivity contribution in [2.45, 2.75) is 0 Å². The van der Waals surface area contributed by atoms with Gasteiger partial charge >= 0.3 is 0 Å². The number of para-hydroxylation sites is 2. The molecule has 0 spiro atoms. The first-order valence-corrected chi connectivity index (χ1v) is 18.6. The van der Waals surface area contributed by atoms with Crippen LogP contribution < -0.4 is 0 Å². The van der Waals surface area contributed by atoms with Crippen molar-refractivity contribution in [1.82, 2.24) is 14.0 Å². The molecule has 0 aliphatic heterocycles. The average molecular weight is 684 g/mol. The number of benzene rings is 10. The van der Waals surface area contributed by atoms with Gasteiger partial charge in [0.15, 0.2) is 0 Å². The number of nitrogens with zero attached hydrogens (tertiary/aromatic N) is 3. The van der Waals surface area contributed by atoms with Crippen molar-refractivity contribution >= 4 is 114 Å². The number of fused-ring (bicyclic) bond motifs is 21. The average Bonchev–Trinajstić information content (AvgIpc) is 3.79. The van der Waals surface area contributed by atoms with E-state index in [0.29, 0.717) is 0 Å². The summed E-state index contributed by atoms with van der Waals surface area (Å²) in [6.07, 6.45) is 0. The van der Waals surface area contributed by atoms with E-state index in [1.54, 1.807) is 0 Å². The van der Waals surface area contributed by atoms with Gasteiger partial charge in [0.25, 0.3) is 0 Å². The van der Waals surface area contributed by atoms with Crippen LogP contribution in [0.25, 0.3) is 120 Å². The van der Waals surface area contributed by atoms with E-state index >= 15 is 0 Å². The first-order chi connectivity index (χ1) is 26.8. The monoisotopic (exact) mass is 683 g/mol. The van der Waals surface area contributed by atoms with Crippen LogP contribution in [-0.2, 0) is 0 Å². The second-order valence-corrected chi connectivity index (χ2v) is 14.7. The van der Waals surface area contributed by atoms with Crippen LogP contribution in [-0.4, -0.2) is 14.0 Å². The summed E-state index contributed by atoms with van der Waals surface area (Å²) in [6, 6.07) is 64.9. The van der Waals surface area contributed by atoms with Crippen LogP contribution >= 0.6 is 0 Å². The fourth-order valence-corrected chi connectivity index (χ4v) is 9.71. The molecule has 0 aliphatic rings. The molecule has 0 aliphatic carbocycles. The fraction of sp³-hybridized carbons (Fsp3) is 0. The molecule has 0 atom stereocenters. The molecule has 13 rings (SSSR count). The molecule has 10 aromatic carbocycles.